The minimum absolute atomic E-state index is 0.268. The zero-order chi connectivity index (χ0) is 9.42. The van der Waals surface area contributed by atoms with Gasteiger partial charge in [-0.05, 0) is 36.8 Å². The van der Waals surface area contributed by atoms with Crippen LogP contribution in [0.4, 0.5) is 0 Å². The second-order valence-corrected chi connectivity index (χ2v) is 4.34. The van der Waals surface area contributed by atoms with Gasteiger partial charge in [0.05, 0.1) is 0 Å². The van der Waals surface area contributed by atoms with Crippen LogP contribution in [-0.2, 0) is 6.42 Å². The van der Waals surface area contributed by atoms with E-state index in [4.69, 9.17) is 5.73 Å². The van der Waals surface area contributed by atoms with E-state index in [0.29, 0.717) is 5.92 Å². The number of H-pyrrole nitrogens is 1. The van der Waals surface area contributed by atoms with Crippen LogP contribution in [0.3, 0.4) is 0 Å². The van der Waals surface area contributed by atoms with E-state index in [0.717, 1.165) is 5.92 Å². The van der Waals surface area contributed by atoms with E-state index in [1.54, 1.807) is 0 Å². The van der Waals surface area contributed by atoms with E-state index in [2.05, 4.69) is 31.2 Å². The lowest BCUT2D eigenvalue weighted by atomic mass is 9.75. The molecule has 2 heteroatoms. The molecule has 0 saturated heterocycles. The molecular formula is C11H18N2. The fourth-order valence-electron chi connectivity index (χ4n) is 2.61. The second-order valence-electron chi connectivity index (χ2n) is 4.34. The van der Waals surface area contributed by atoms with E-state index in [1.165, 1.54) is 24.0 Å². The van der Waals surface area contributed by atoms with Crippen molar-refractivity contribution in [2.45, 2.75) is 38.6 Å². The molecule has 0 spiro atoms. The van der Waals surface area contributed by atoms with Crippen LogP contribution in [-0.4, -0.2) is 11.0 Å². The largest absolute Gasteiger partial charge is 0.367 e. The third-order valence-corrected chi connectivity index (χ3v) is 3.27. The third-order valence-electron chi connectivity index (χ3n) is 3.27. The first-order chi connectivity index (χ1) is 6.20. The molecule has 3 unspecified atom stereocenters. The van der Waals surface area contributed by atoms with Crippen LogP contribution in [0.5, 0.6) is 0 Å². The first kappa shape index (κ1) is 8.82. The van der Waals surface area contributed by atoms with Crippen LogP contribution in [0.2, 0.25) is 0 Å². The van der Waals surface area contributed by atoms with Crippen LogP contribution >= 0.6 is 0 Å². The zero-order valence-corrected chi connectivity index (χ0v) is 8.38. The molecule has 0 radical (unpaired) electrons. The van der Waals surface area contributed by atoms with E-state index in [1.807, 2.05) is 0 Å². The number of fused-ring (bicyclic) bond motifs is 1. The summed E-state index contributed by atoms with van der Waals surface area (Å²) in [6.07, 6.45) is 6.73. The Morgan fingerprint density at radius 2 is 2.31 bits per heavy atom. The molecule has 0 bridgehead atoms. The van der Waals surface area contributed by atoms with Gasteiger partial charge < -0.3 is 10.7 Å². The summed E-state index contributed by atoms with van der Waals surface area (Å²) in [7, 11) is 0. The summed E-state index contributed by atoms with van der Waals surface area (Å²) in [5, 5.41) is 0. The van der Waals surface area contributed by atoms with Crippen LogP contribution < -0.4 is 5.73 Å². The Bertz CT molecular complexity index is 288. The molecule has 13 heavy (non-hydrogen) atoms. The maximum absolute atomic E-state index is 6.02. The molecule has 2 rings (SSSR count). The first-order valence-electron chi connectivity index (χ1n) is 5.11. The molecule has 0 fully saturated rings. The van der Waals surface area contributed by atoms with Gasteiger partial charge in [0.2, 0.25) is 0 Å². The van der Waals surface area contributed by atoms with Crippen molar-refractivity contribution in [3.63, 3.8) is 0 Å². The summed E-state index contributed by atoms with van der Waals surface area (Å²) in [6.45, 7) is 4.42. The smallest absolute Gasteiger partial charge is 0.00825 e. The Morgan fingerprint density at radius 3 is 3.00 bits per heavy atom. The fourth-order valence-corrected chi connectivity index (χ4v) is 2.61. The number of aromatic amines is 1. The van der Waals surface area contributed by atoms with Crippen molar-refractivity contribution in [2.75, 3.05) is 0 Å². The molecule has 72 valence electrons. The van der Waals surface area contributed by atoms with Gasteiger partial charge in [-0.1, -0.05) is 6.92 Å². The average Bonchev–Trinajstić information content (AvgIpc) is 2.50. The monoisotopic (exact) mass is 178 g/mol. The number of aromatic nitrogens is 1. The Kier molecular flexibility index (Phi) is 2.16. The molecular weight excluding hydrogens is 160 g/mol. The predicted molar refractivity (Wildman–Crippen MR) is 54.7 cm³/mol. The summed E-state index contributed by atoms with van der Waals surface area (Å²) in [5.74, 6) is 1.28. The van der Waals surface area contributed by atoms with Crippen LogP contribution in [0, 0.1) is 5.92 Å². The van der Waals surface area contributed by atoms with Crippen LogP contribution in [0.25, 0.3) is 0 Å². The van der Waals surface area contributed by atoms with E-state index >= 15 is 0 Å². The summed E-state index contributed by atoms with van der Waals surface area (Å²) >= 11 is 0. The fraction of sp³-hybridized carbons (Fsp3) is 0.636. The van der Waals surface area contributed by atoms with Gasteiger partial charge in [0.15, 0.2) is 0 Å². The normalized spacial score (nSPS) is 29.8. The molecule has 3 N–H and O–H groups in total. The Labute approximate surface area is 79.5 Å². The van der Waals surface area contributed by atoms with Crippen molar-refractivity contribution in [1.82, 2.24) is 4.98 Å². The van der Waals surface area contributed by atoms with Crippen molar-refractivity contribution in [3.05, 3.63) is 23.5 Å². The van der Waals surface area contributed by atoms with Gasteiger partial charge >= 0.3 is 0 Å². The topological polar surface area (TPSA) is 41.8 Å². The maximum Gasteiger partial charge on any atom is 0.00825 e. The van der Waals surface area contributed by atoms with Gasteiger partial charge in [0.1, 0.15) is 0 Å². The van der Waals surface area contributed by atoms with Crippen molar-refractivity contribution < 1.29 is 0 Å². The zero-order valence-electron chi connectivity index (χ0n) is 8.38. The summed E-state index contributed by atoms with van der Waals surface area (Å²) in [4.78, 5) is 3.19. The average molecular weight is 178 g/mol. The number of nitrogens with two attached hydrogens (primary N) is 1. The lowest BCUT2D eigenvalue weighted by Gasteiger charge is -2.32. The van der Waals surface area contributed by atoms with E-state index in [-0.39, 0.29) is 6.04 Å². The minimum atomic E-state index is 0.268. The molecule has 1 heterocycles. The molecule has 1 aliphatic carbocycles. The summed E-state index contributed by atoms with van der Waals surface area (Å²) < 4.78 is 0. The van der Waals surface area contributed by atoms with Crippen molar-refractivity contribution in [3.8, 4) is 0 Å². The van der Waals surface area contributed by atoms with Crippen LogP contribution in [0.1, 0.15) is 37.3 Å². The molecule has 2 nitrogen and oxygen atoms in total. The molecule has 0 aromatic carbocycles. The van der Waals surface area contributed by atoms with Gasteiger partial charge in [-0.2, -0.15) is 0 Å². The highest BCUT2D eigenvalue weighted by Gasteiger charge is 2.29. The highest BCUT2D eigenvalue weighted by atomic mass is 14.7. The number of rotatable bonds is 1. The lowest BCUT2D eigenvalue weighted by molar-refractivity contribution is 0.363. The molecule has 0 saturated carbocycles. The lowest BCUT2D eigenvalue weighted by Crippen LogP contribution is -2.32. The highest BCUT2D eigenvalue weighted by molar-refractivity contribution is 5.31. The summed E-state index contributed by atoms with van der Waals surface area (Å²) in [5.41, 5.74) is 8.94. The number of aryl methyl sites for hydroxylation is 1. The minimum Gasteiger partial charge on any atom is -0.367 e. The molecule has 1 aliphatic rings. The van der Waals surface area contributed by atoms with Gasteiger partial charge in [-0.3, -0.25) is 0 Å². The predicted octanol–water partition coefficient (Wildman–Crippen LogP) is 2.03. The van der Waals surface area contributed by atoms with Crippen molar-refractivity contribution in [1.29, 1.82) is 0 Å². The molecule has 1 aromatic heterocycles. The second kappa shape index (κ2) is 3.18. The quantitative estimate of drug-likeness (QED) is 0.679. The van der Waals surface area contributed by atoms with E-state index < -0.39 is 0 Å². The molecule has 0 aliphatic heterocycles. The van der Waals surface area contributed by atoms with Gasteiger partial charge in [0, 0.05) is 24.4 Å². The van der Waals surface area contributed by atoms with Crippen LogP contribution in [0.15, 0.2) is 12.4 Å². The first-order valence-corrected chi connectivity index (χ1v) is 5.11. The standard InChI is InChI=1S/C11H18N2/c1-7-3-4-9-5-13-6-10(9)11(7)8(2)12/h5-8,11,13H,3-4,12H2,1-2H3. The van der Waals surface area contributed by atoms with Crippen molar-refractivity contribution >= 4 is 0 Å². The molecule has 0 amide bonds. The highest BCUT2D eigenvalue weighted by Crippen LogP contribution is 2.37. The number of hydrogen-bond acceptors (Lipinski definition) is 1. The number of nitrogens with one attached hydrogen (secondary N) is 1. The molecule has 3 atom stereocenters. The van der Waals surface area contributed by atoms with Gasteiger partial charge in [0.25, 0.3) is 0 Å². The SMILES string of the molecule is CC(N)C1c2c[nH]cc2CCC1C. The Balaban J connectivity index is 2.36. The molecule has 1 aromatic rings. The maximum atomic E-state index is 6.02. The number of hydrogen-bond donors (Lipinski definition) is 2. The van der Waals surface area contributed by atoms with Gasteiger partial charge in [-0.15, -0.1) is 0 Å². The van der Waals surface area contributed by atoms with Gasteiger partial charge in [-0.25, -0.2) is 0 Å². The summed E-state index contributed by atoms with van der Waals surface area (Å²) in [6, 6.07) is 0.268. The van der Waals surface area contributed by atoms with Crippen molar-refractivity contribution in [2.24, 2.45) is 11.7 Å². The Morgan fingerprint density at radius 1 is 1.54 bits per heavy atom. The van der Waals surface area contributed by atoms with E-state index in [9.17, 15) is 0 Å². The third kappa shape index (κ3) is 1.39. The Hall–Kier alpha value is -0.760.